The maximum Gasteiger partial charge on any atom is 0.407 e. The highest BCUT2D eigenvalue weighted by Crippen LogP contribution is 2.12. The number of aliphatic carboxylic acids is 1. The fourth-order valence-corrected chi connectivity index (χ4v) is 0.662. The largest absolute Gasteiger partial charge is 0.481 e. The standard InChI is InChI=1S/C10H19NO4/c1-7(2)5-15-9(14)11-6-10(3,4)8(12)13/h7H,5-6H2,1-4H3,(H,11,14)(H,12,13). The van der Waals surface area contributed by atoms with E-state index in [1.54, 1.807) is 0 Å². The minimum absolute atomic E-state index is 0.0548. The number of rotatable bonds is 5. The maximum absolute atomic E-state index is 11.1. The van der Waals surface area contributed by atoms with Gasteiger partial charge in [-0.1, -0.05) is 13.8 Å². The third-order valence-electron chi connectivity index (χ3n) is 1.80. The van der Waals surface area contributed by atoms with E-state index in [0.29, 0.717) is 6.61 Å². The van der Waals surface area contributed by atoms with Crippen LogP contribution in [-0.2, 0) is 9.53 Å². The van der Waals surface area contributed by atoms with Crippen LogP contribution in [0.4, 0.5) is 4.79 Å². The third kappa shape index (κ3) is 5.93. The summed E-state index contributed by atoms with van der Waals surface area (Å²) in [6, 6.07) is 0. The lowest BCUT2D eigenvalue weighted by molar-refractivity contribution is -0.146. The van der Waals surface area contributed by atoms with E-state index in [0.717, 1.165) is 0 Å². The number of hydrogen-bond donors (Lipinski definition) is 2. The second-order valence-corrected chi connectivity index (χ2v) is 4.53. The van der Waals surface area contributed by atoms with E-state index in [1.807, 2.05) is 13.8 Å². The predicted octanol–water partition coefficient (Wildman–Crippen LogP) is 1.48. The van der Waals surface area contributed by atoms with E-state index < -0.39 is 17.5 Å². The highest BCUT2D eigenvalue weighted by Gasteiger charge is 2.27. The Hall–Kier alpha value is -1.26. The number of carboxylic acids is 1. The highest BCUT2D eigenvalue weighted by molar-refractivity contribution is 5.75. The topological polar surface area (TPSA) is 75.6 Å². The molecule has 0 aliphatic carbocycles. The maximum atomic E-state index is 11.1. The van der Waals surface area contributed by atoms with Gasteiger partial charge in [0.15, 0.2) is 0 Å². The van der Waals surface area contributed by atoms with E-state index in [9.17, 15) is 9.59 Å². The Morgan fingerprint density at radius 2 is 1.93 bits per heavy atom. The zero-order valence-corrected chi connectivity index (χ0v) is 9.66. The van der Waals surface area contributed by atoms with Gasteiger partial charge in [-0.05, 0) is 19.8 Å². The van der Waals surface area contributed by atoms with Crippen molar-refractivity contribution >= 4 is 12.1 Å². The fraction of sp³-hybridized carbons (Fsp3) is 0.800. The van der Waals surface area contributed by atoms with Crippen molar-refractivity contribution in [1.82, 2.24) is 5.32 Å². The molecule has 2 N–H and O–H groups in total. The average molecular weight is 217 g/mol. The van der Waals surface area contributed by atoms with Crippen molar-refractivity contribution in [2.24, 2.45) is 11.3 Å². The second kappa shape index (κ2) is 5.58. The lowest BCUT2D eigenvalue weighted by Crippen LogP contribution is -2.39. The van der Waals surface area contributed by atoms with Crippen molar-refractivity contribution in [2.75, 3.05) is 13.2 Å². The van der Waals surface area contributed by atoms with Crippen LogP contribution in [0.1, 0.15) is 27.7 Å². The Bertz CT molecular complexity index is 236. The molecule has 0 unspecified atom stereocenters. The number of carbonyl (C=O) groups is 2. The van der Waals surface area contributed by atoms with Crippen molar-refractivity contribution in [1.29, 1.82) is 0 Å². The fourth-order valence-electron chi connectivity index (χ4n) is 0.662. The average Bonchev–Trinajstić information content (AvgIpc) is 2.11. The Morgan fingerprint density at radius 3 is 2.33 bits per heavy atom. The van der Waals surface area contributed by atoms with Crippen molar-refractivity contribution in [2.45, 2.75) is 27.7 Å². The van der Waals surface area contributed by atoms with Gasteiger partial charge in [0.05, 0.1) is 12.0 Å². The molecule has 5 heteroatoms. The van der Waals surface area contributed by atoms with Gasteiger partial charge in [0.2, 0.25) is 0 Å². The molecular formula is C10H19NO4. The molecule has 0 aromatic rings. The Morgan fingerprint density at radius 1 is 1.40 bits per heavy atom. The van der Waals surface area contributed by atoms with Crippen molar-refractivity contribution < 1.29 is 19.4 Å². The molecule has 0 rings (SSSR count). The molecule has 88 valence electrons. The molecule has 0 aliphatic heterocycles. The van der Waals surface area contributed by atoms with Crippen molar-refractivity contribution in [3.8, 4) is 0 Å². The van der Waals surface area contributed by atoms with Crippen molar-refractivity contribution in [3.05, 3.63) is 0 Å². The number of carbonyl (C=O) groups excluding carboxylic acids is 1. The first kappa shape index (κ1) is 13.7. The van der Waals surface area contributed by atoms with E-state index in [1.165, 1.54) is 13.8 Å². The zero-order valence-electron chi connectivity index (χ0n) is 9.66. The van der Waals surface area contributed by atoms with Crippen LogP contribution in [0.2, 0.25) is 0 Å². The molecule has 0 bridgehead atoms. The quantitative estimate of drug-likeness (QED) is 0.731. The van der Waals surface area contributed by atoms with Crippen LogP contribution < -0.4 is 5.32 Å². The molecule has 0 aliphatic rings. The molecule has 0 aromatic carbocycles. The normalized spacial score (nSPS) is 11.3. The molecular weight excluding hydrogens is 198 g/mol. The summed E-state index contributed by atoms with van der Waals surface area (Å²) >= 11 is 0. The molecule has 15 heavy (non-hydrogen) atoms. The third-order valence-corrected chi connectivity index (χ3v) is 1.80. The van der Waals surface area contributed by atoms with E-state index >= 15 is 0 Å². The predicted molar refractivity (Wildman–Crippen MR) is 55.6 cm³/mol. The van der Waals surface area contributed by atoms with Gasteiger partial charge in [0.1, 0.15) is 0 Å². The van der Waals surface area contributed by atoms with Crippen LogP contribution in [0.25, 0.3) is 0 Å². The van der Waals surface area contributed by atoms with Gasteiger partial charge >= 0.3 is 12.1 Å². The summed E-state index contributed by atoms with van der Waals surface area (Å²) in [4.78, 5) is 21.8. The first-order valence-corrected chi connectivity index (χ1v) is 4.89. The van der Waals surface area contributed by atoms with E-state index in [4.69, 9.17) is 9.84 Å². The summed E-state index contributed by atoms with van der Waals surface area (Å²) in [5.74, 6) is -0.685. The Balaban J connectivity index is 3.85. The van der Waals surface area contributed by atoms with Gasteiger partial charge in [-0.15, -0.1) is 0 Å². The number of alkyl carbamates (subject to hydrolysis) is 1. The molecule has 0 saturated heterocycles. The molecule has 0 aromatic heterocycles. The van der Waals surface area contributed by atoms with E-state index in [-0.39, 0.29) is 12.5 Å². The molecule has 0 atom stereocenters. The summed E-state index contributed by atoms with van der Waals surface area (Å²) in [5, 5.41) is 11.2. The molecule has 0 fully saturated rings. The Kier molecular flexibility index (Phi) is 5.11. The summed E-state index contributed by atoms with van der Waals surface area (Å²) < 4.78 is 4.84. The van der Waals surface area contributed by atoms with Crippen LogP contribution in [0.5, 0.6) is 0 Å². The Labute approximate surface area is 89.8 Å². The first-order valence-electron chi connectivity index (χ1n) is 4.89. The van der Waals surface area contributed by atoms with Gasteiger partial charge in [-0.25, -0.2) is 4.79 Å². The number of ether oxygens (including phenoxy) is 1. The summed E-state index contributed by atoms with van der Waals surface area (Å²) in [5.41, 5.74) is -0.975. The van der Waals surface area contributed by atoms with Gasteiger partial charge in [-0.2, -0.15) is 0 Å². The number of carboxylic acid groups (broad SMARTS) is 1. The van der Waals surface area contributed by atoms with Gasteiger partial charge in [0, 0.05) is 6.54 Å². The van der Waals surface area contributed by atoms with Gasteiger partial charge in [-0.3, -0.25) is 4.79 Å². The van der Waals surface area contributed by atoms with Crippen molar-refractivity contribution in [3.63, 3.8) is 0 Å². The lowest BCUT2D eigenvalue weighted by Gasteiger charge is -2.19. The van der Waals surface area contributed by atoms with E-state index in [2.05, 4.69) is 5.32 Å². The summed E-state index contributed by atoms with van der Waals surface area (Å²) in [6.07, 6.45) is -0.571. The van der Waals surface area contributed by atoms with Crippen LogP contribution in [0, 0.1) is 11.3 Å². The molecule has 5 nitrogen and oxygen atoms in total. The smallest absolute Gasteiger partial charge is 0.407 e. The number of hydrogen-bond acceptors (Lipinski definition) is 3. The van der Waals surface area contributed by atoms with Crippen LogP contribution in [0.3, 0.4) is 0 Å². The first-order chi connectivity index (χ1) is 6.75. The number of nitrogens with one attached hydrogen (secondary N) is 1. The van der Waals surface area contributed by atoms with Crippen LogP contribution in [0.15, 0.2) is 0 Å². The molecule has 0 radical (unpaired) electrons. The van der Waals surface area contributed by atoms with Crippen LogP contribution >= 0.6 is 0 Å². The summed E-state index contributed by atoms with van der Waals surface area (Å²) in [6.45, 7) is 7.32. The van der Waals surface area contributed by atoms with Gasteiger partial charge < -0.3 is 15.2 Å². The number of amides is 1. The second-order valence-electron chi connectivity index (χ2n) is 4.53. The lowest BCUT2D eigenvalue weighted by atomic mass is 9.94. The monoisotopic (exact) mass is 217 g/mol. The van der Waals surface area contributed by atoms with Gasteiger partial charge in [0.25, 0.3) is 0 Å². The SMILES string of the molecule is CC(C)COC(=O)NCC(C)(C)C(=O)O. The summed E-state index contributed by atoms with van der Waals surface area (Å²) in [7, 11) is 0. The minimum Gasteiger partial charge on any atom is -0.481 e. The molecule has 0 spiro atoms. The molecule has 1 amide bonds. The molecule has 0 saturated carbocycles. The highest BCUT2D eigenvalue weighted by atomic mass is 16.5. The van der Waals surface area contributed by atoms with Crippen LogP contribution in [-0.4, -0.2) is 30.3 Å². The molecule has 0 heterocycles. The zero-order chi connectivity index (χ0) is 12.1. The minimum atomic E-state index is -0.975.